The van der Waals surface area contributed by atoms with E-state index in [1.807, 2.05) is 44.2 Å². The van der Waals surface area contributed by atoms with Crippen molar-refractivity contribution in [1.82, 2.24) is 19.4 Å². The first-order chi connectivity index (χ1) is 13.3. The lowest BCUT2D eigenvalue weighted by Gasteiger charge is -2.41. The number of amides is 1. The highest BCUT2D eigenvalue weighted by Gasteiger charge is 2.40. The van der Waals surface area contributed by atoms with Crippen molar-refractivity contribution in [1.29, 1.82) is 0 Å². The van der Waals surface area contributed by atoms with Gasteiger partial charge in [-0.15, -0.1) is 0 Å². The number of rotatable bonds is 5. The summed E-state index contributed by atoms with van der Waals surface area (Å²) in [4.78, 5) is 11.8. The number of aromatic nitrogens is 2. The van der Waals surface area contributed by atoms with E-state index >= 15 is 0 Å². The molecule has 28 heavy (non-hydrogen) atoms. The van der Waals surface area contributed by atoms with Crippen LogP contribution in [-0.2, 0) is 14.8 Å². The molecule has 0 saturated carbocycles. The SMILES string of the molecule is C=CC(=O)NC1CC(C)N(S(=O)(=O)c2cnn(-c3ccccc3)c2C)C(C)C1. The second kappa shape index (κ2) is 7.89. The van der Waals surface area contributed by atoms with Crippen LogP contribution in [0, 0.1) is 6.92 Å². The number of carbonyl (C=O) groups is 1. The Morgan fingerprint density at radius 1 is 1.21 bits per heavy atom. The molecule has 1 saturated heterocycles. The number of nitrogens with one attached hydrogen (secondary N) is 1. The number of hydrogen-bond acceptors (Lipinski definition) is 4. The number of para-hydroxylation sites is 1. The minimum atomic E-state index is -3.72. The van der Waals surface area contributed by atoms with Crippen LogP contribution >= 0.6 is 0 Å². The van der Waals surface area contributed by atoms with Gasteiger partial charge in [0.1, 0.15) is 4.90 Å². The molecule has 8 heteroatoms. The first-order valence-electron chi connectivity index (χ1n) is 9.32. The second-order valence-electron chi connectivity index (χ2n) is 7.26. The number of hydrogen-bond donors (Lipinski definition) is 1. The zero-order valence-corrected chi connectivity index (χ0v) is 17.2. The van der Waals surface area contributed by atoms with Gasteiger partial charge in [0.25, 0.3) is 0 Å². The van der Waals surface area contributed by atoms with E-state index in [2.05, 4.69) is 17.0 Å². The summed E-state index contributed by atoms with van der Waals surface area (Å²) < 4.78 is 30.0. The van der Waals surface area contributed by atoms with Crippen LogP contribution in [0.2, 0.25) is 0 Å². The Morgan fingerprint density at radius 3 is 2.39 bits per heavy atom. The van der Waals surface area contributed by atoms with E-state index in [4.69, 9.17) is 0 Å². The van der Waals surface area contributed by atoms with Gasteiger partial charge in [-0.25, -0.2) is 13.1 Å². The van der Waals surface area contributed by atoms with Crippen molar-refractivity contribution in [2.75, 3.05) is 0 Å². The van der Waals surface area contributed by atoms with Crippen LogP contribution in [0.3, 0.4) is 0 Å². The minimum Gasteiger partial charge on any atom is -0.350 e. The van der Waals surface area contributed by atoms with Crippen LogP contribution in [0.4, 0.5) is 0 Å². The Labute approximate surface area is 166 Å². The summed E-state index contributed by atoms with van der Waals surface area (Å²) >= 11 is 0. The molecule has 150 valence electrons. The average molecular weight is 403 g/mol. The van der Waals surface area contributed by atoms with Gasteiger partial charge in [0.15, 0.2) is 0 Å². The fourth-order valence-electron chi connectivity index (χ4n) is 4.00. The van der Waals surface area contributed by atoms with E-state index in [1.54, 1.807) is 15.9 Å². The Bertz CT molecular complexity index is 957. The third kappa shape index (κ3) is 3.74. The third-order valence-electron chi connectivity index (χ3n) is 5.17. The molecule has 1 aliphatic heterocycles. The van der Waals surface area contributed by atoms with Gasteiger partial charge in [-0.05, 0) is 51.8 Å². The Morgan fingerprint density at radius 2 is 1.82 bits per heavy atom. The fourth-order valence-corrected chi connectivity index (χ4v) is 5.99. The van der Waals surface area contributed by atoms with Crippen molar-refractivity contribution in [2.24, 2.45) is 0 Å². The molecule has 2 unspecified atom stereocenters. The zero-order valence-electron chi connectivity index (χ0n) is 16.4. The number of piperidine rings is 1. The lowest BCUT2D eigenvalue weighted by molar-refractivity contribution is -0.117. The Hall–Kier alpha value is -2.45. The second-order valence-corrected chi connectivity index (χ2v) is 9.07. The average Bonchev–Trinajstić information content (AvgIpc) is 3.03. The zero-order chi connectivity index (χ0) is 20.5. The smallest absolute Gasteiger partial charge is 0.246 e. The van der Waals surface area contributed by atoms with Gasteiger partial charge < -0.3 is 5.32 Å². The van der Waals surface area contributed by atoms with Gasteiger partial charge in [-0.3, -0.25) is 4.79 Å². The molecule has 7 nitrogen and oxygen atoms in total. The topological polar surface area (TPSA) is 84.3 Å². The van der Waals surface area contributed by atoms with E-state index in [0.717, 1.165) is 5.69 Å². The molecule has 1 aromatic heterocycles. The highest BCUT2D eigenvalue weighted by Crippen LogP contribution is 2.31. The fraction of sp³-hybridized carbons (Fsp3) is 0.400. The van der Waals surface area contributed by atoms with Gasteiger partial charge in [0.2, 0.25) is 15.9 Å². The first-order valence-corrected chi connectivity index (χ1v) is 10.8. The number of benzene rings is 1. The summed E-state index contributed by atoms with van der Waals surface area (Å²) in [5.41, 5.74) is 1.39. The molecule has 1 aromatic carbocycles. The van der Waals surface area contributed by atoms with Crippen molar-refractivity contribution in [3.05, 3.63) is 54.9 Å². The maximum absolute atomic E-state index is 13.4. The van der Waals surface area contributed by atoms with Gasteiger partial charge in [0, 0.05) is 18.1 Å². The molecule has 1 N–H and O–H groups in total. The minimum absolute atomic E-state index is 0.0740. The van der Waals surface area contributed by atoms with E-state index < -0.39 is 10.0 Å². The van der Waals surface area contributed by atoms with E-state index in [1.165, 1.54) is 12.3 Å². The molecule has 2 aromatic rings. The molecule has 1 aliphatic rings. The molecule has 0 bridgehead atoms. The molecular formula is C20H26N4O3S. The monoisotopic (exact) mass is 402 g/mol. The Kier molecular flexibility index (Phi) is 5.71. The molecular weight excluding hydrogens is 376 g/mol. The largest absolute Gasteiger partial charge is 0.350 e. The van der Waals surface area contributed by atoms with Crippen molar-refractivity contribution < 1.29 is 13.2 Å². The molecule has 0 radical (unpaired) electrons. The lowest BCUT2D eigenvalue weighted by atomic mass is 9.95. The van der Waals surface area contributed by atoms with Crippen LogP contribution in [0.25, 0.3) is 5.69 Å². The molecule has 0 aliphatic carbocycles. The van der Waals surface area contributed by atoms with Crippen molar-refractivity contribution in [2.45, 2.75) is 56.6 Å². The summed E-state index contributed by atoms with van der Waals surface area (Å²) in [6, 6.07) is 8.87. The number of sulfonamides is 1. The first kappa shape index (κ1) is 20.3. The lowest BCUT2D eigenvalue weighted by Crippen LogP contribution is -2.54. The third-order valence-corrected chi connectivity index (χ3v) is 7.40. The van der Waals surface area contributed by atoms with Gasteiger partial charge in [0.05, 0.1) is 17.6 Å². The van der Waals surface area contributed by atoms with Crippen LogP contribution in [0.5, 0.6) is 0 Å². The summed E-state index contributed by atoms with van der Waals surface area (Å²) in [5, 5.41) is 7.19. The number of carbonyl (C=O) groups excluding carboxylic acids is 1. The van der Waals surface area contributed by atoms with Crippen molar-refractivity contribution >= 4 is 15.9 Å². The van der Waals surface area contributed by atoms with Crippen LogP contribution in [-0.4, -0.2) is 46.5 Å². The number of nitrogens with zero attached hydrogens (tertiary/aromatic N) is 3. The highest BCUT2D eigenvalue weighted by atomic mass is 32.2. The predicted octanol–water partition coefficient (Wildman–Crippen LogP) is 2.41. The Balaban J connectivity index is 1.88. The molecule has 3 rings (SSSR count). The molecule has 1 amide bonds. The molecule has 2 heterocycles. The summed E-state index contributed by atoms with van der Waals surface area (Å²) in [6.07, 6.45) is 3.76. The van der Waals surface area contributed by atoms with E-state index in [-0.39, 0.29) is 28.9 Å². The normalized spacial score (nSPS) is 23.3. The van der Waals surface area contributed by atoms with Gasteiger partial charge in [-0.1, -0.05) is 24.8 Å². The van der Waals surface area contributed by atoms with Crippen LogP contribution in [0.15, 0.2) is 54.1 Å². The summed E-state index contributed by atoms with van der Waals surface area (Å²) in [6.45, 7) is 8.98. The standard InChI is InChI=1S/C20H26N4O3S/c1-5-20(25)22-17-11-14(2)24(15(3)12-17)28(26,27)19-13-21-23(16(19)4)18-9-7-6-8-10-18/h5-10,13-15,17H,1,11-12H2,2-4H3,(H,22,25). The molecule has 1 fully saturated rings. The van der Waals surface area contributed by atoms with E-state index in [9.17, 15) is 13.2 Å². The van der Waals surface area contributed by atoms with Gasteiger partial charge in [-0.2, -0.15) is 9.40 Å². The summed E-state index contributed by atoms with van der Waals surface area (Å²) in [7, 11) is -3.72. The van der Waals surface area contributed by atoms with Crippen molar-refractivity contribution in [3.8, 4) is 5.69 Å². The van der Waals surface area contributed by atoms with Crippen LogP contribution < -0.4 is 5.32 Å². The van der Waals surface area contributed by atoms with Gasteiger partial charge >= 0.3 is 0 Å². The van der Waals surface area contributed by atoms with E-state index in [0.29, 0.717) is 18.5 Å². The highest BCUT2D eigenvalue weighted by molar-refractivity contribution is 7.89. The maximum atomic E-state index is 13.4. The maximum Gasteiger partial charge on any atom is 0.246 e. The molecule has 0 spiro atoms. The van der Waals surface area contributed by atoms with Crippen molar-refractivity contribution in [3.63, 3.8) is 0 Å². The van der Waals surface area contributed by atoms with Crippen LogP contribution in [0.1, 0.15) is 32.4 Å². The quantitative estimate of drug-likeness (QED) is 0.779. The predicted molar refractivity (Wildman–Crippen MR) is 108 cm³/mol. The summed E-state index contributed by atoms with van der Waals surface area (Å²) in [5.74, 6) is -0.235. The molecule has 2 atom stereocenters.